The molecule has 2 rings (SSSR count). The highest BCUT2D eigenvalue weighted by Crippen LogP contribution is 2.20. The maximum atomic E-state index is 11.3. The highest BCUT2D eigenvalue weighted by molar-refractivity contribution is 5.78. The minimum Gasteiger partial charge on any atom is -0.369 e. The number of aryl methyl sites for hydroxylation is 1. The van der Waals surface area contributed by atoms with Gasteiger partial charge in [0.15, 0.2) is 0 Å². The Bertz CT molecular complexity index is 468. The van der Waals surface area contributed by atoms with E-state index in [0.29, 0.717) is 24.7 Å². The third kappa shape index (κ3) is 2.05. The van der Waals surface area contributed by atoms with Crippen LogP contribution in [0.25, 0.3) is 0 Å². The molecular weight excluding hydrogens is 208 g/mol. The Kier molecular flexibility index (Phi) is 2.64. The number of rotatable bonds is 2. The van der Waals surface area contributed by atoms with Gasteiger partial charge in [-0.2, -0.15) is 0 Å². The van der Waals surface area contributed by atoms with E-state index in [1.54, 1.807) is 6.92 Å². The standard InChI is InChI=1S/C10H14N4O2/c1-6-12-8(4-9(15)13-6)14-3-2-7(5-14)10(11)16/h4,7H,2-3,5H2,1H3,(H2,11,16)(H,12,13,15). The molecule has 6 heteroatoms. The molecule has 0 spiro atoms. The molecule has 0 aromatic carbocycles. The number of aromatic amines is 1. The number of hydrogen-bond acceptors (Lipinski definition) is 4. The zero-order chi connectivity index (χ0) is 11.7. The van der Waals surface area contributed by atoms with E-state index in [4.69, 9.17) is 5.73 Å². The lowest BCUT2D eigenvalue weighted by Gasteiger charge is -2.16. The van der Waals surface area contributed by atoms with E-state index in [9.17, 15) is 9.59 Å². The molecule has 0 bridgehead atoms. The third-order valence-electron chi connectivity index (χ3n) is 2.76. The molecule has 1 aliphatic rings. The Hall–Kier alpha value is -1.85. The molecule has 1 atom stereocenters. The average molecular weight is 222 g/mol. The van der Waals surface area contributed by atoms with Crippen molar-refractivity contribution in [3.05, 3.63) is 22.2 Å². The summed E-state index contributed by atoms with van der Waals surface area (Å²) in [5, 5.41) is 0. The number of hydrogen-bond donors (Lipinski definition) is 2. The number of amides is 1. The zero-order valence-corrected chi connectivity index (χ0v) is 9.06. The van der Waals surface area contributed by atoms with Crippen molar-refractivity contribution in [2.75, 3.05) is 18.0 Å². The maximum absolute atomic E-state index is 11.3. The van der Waals surface area contributed by atoms with Gasteiger partial charge in [-0.1, -0.05) is 0 Å². The summed E-state index contributed by atoms with van der Waals surface area (Å²) < 4.78 is 0. The summed E-state index contributed by atoms with van der Waals surface area (Å²) in [5.74, 6) is 0.764. The van der Waals surface area contributed by atoms with Gasteiger partial charge in [0.1, 0.15) is 11.6 Å². The fourth-order valence-corrected chi connectivity index (χ4v) is 1.93. The molecule has 0 radical (unpaired) electrons. The van der Waals surface area contributed by atoms with Gasteiger partial charge < -0.3 is 15.6 Å². The van der Waals surface area contributed by atoms with Gasteiger partial charge in [0, 0.05) is 19.2 Å². The Balaban J connectivity index is 2.20. The van der Waals surface area contributed by atoms with Gasteiger partial charge >= 0.3 is 0 Å². The fraction of sp³-hybridized carbons (Fsp3) is 0.500. The molecular formula is C10H14N4O2. The van der Waals surface area contributed by atoms with Crippen molar-refractivity contribution < 1.29 is 4.79 Å². The topological polar surface area (TPSA) is 92.1 Å². The lowest BCUT2D eigenvalue weighted by atomic mass is 10.1. The third-order valence-corrected chi connectivity index (χ3v) is 2.76. The first-order valence-electron chi connectivity index (χ1n) is 5.18. The molecule has 0 saturated carbocycles. The molecule has 86 valence electrons. The monoisotopic (exact) mass is 222 g/mol. The van der Waals surface area contributed by atoms with E-state index in [1.165, 1.54) is 6.07 Å². The Morgan fingerprint density at radius 2 is 2.44 bits per heavy atom. The number of carbonyl (C=O) groups is 1. The number of nitrogens with two attached hydrogens (primary N) is 1. The van der Waals surface area contributed by atoms with Gasteiger partial charge in [0.25, 0.3) is 5.56 Å². The first-order chi connectivity index (χ1) is 7.56. The van der Waals surface area contributed by atoms with Crippen LogP contribution < -0.4 is 16.2 Å². The van der Waals surface area contributed by atoms with Crippen molar-refractivity contribution in [1.82, 2.24) is 9.97 Å². The molecule has 1 unspecified atom stereocenters. The van der Waals surface area contributed by atoms with Crippen LogP contribution in [0.4, 0.5) is 5.82 Å². The van der Waals surface area contributed by atoms with Crippen molar-refractivity contribution in [3.63, 3.8) is 0 Å². The Labute approximate surface area is 92.5 Å². The van der Waals surface area contributed by atoms with Crippen LogP contribution in [0.1, 0.15) is 12.2 Å². The molecule has 6 nitrogen and oxygen atoms in total. The number of carbonyl (C=O) groups excluding carboxylic acids is 1. The highest BCUT2D eigenvalue weighted by atomic mass is 16.1. The lowest BCUT2D eigenvalue weighted by Crippen LogP contribution is -2.28. The first kappa shape index (κ1) is 10.7. The normalized spacial score (nSPS) is 20.1. The quantitative estimate of drug-likeness (QED) is 0.698. The number of aromatic nitrogens is 2. The Morgan fingerprint density at radius 1 is 1.69 bits per heavy atom. The lowest BCUT2D eigenvalue weighted by molar-refractivity contribution is -0.121. The van der Waals surface area contributed by atoms with E-state index in [-0.39, 0.29) is 17.4 Å². The molecule has 1 amide bonds. The summed E-state index contributed by atoms with van der Waals surface area (Å²) in [7, 11) is 0. The molecule has 1 aromatic rings. The summed E-state index contributed by atoms with van der Waals surface area (Å²) in [6.45, 7) is 2.99. The second-order valence-corrected chi connectivity index (χ2v) is 4.02. The highest BCUT2D eigenvalue weighted by Gasteiger charge is 2.27. The number of primary amides is 1. The van der Waals surface area contributed by atoms with E-state index in [1.807, 2.05) is 4.90 Å². The van der Waals surface area contributed by atoms with Gasteiger partial charge in [0.2, 0.25) is 5.91 Å². The maximum Gasteiger partial charge on any atom is 0.252 e. The van der Waals surface area contributed by atoms with Crippen molar-refractivity contribution in [2.24, 2.45) is 11.7 Å². The molecule has 0 aliphatic carbocycles. The number of anilines is 1. The van der Waals surface area contributed by atoms with Crippen molar-refractivity contribution >= 4 is 11.7 Å². The second kappa shape index (κ2) is 3.96. The van der Waals surface area contributed by atoms with Crippen molar-refractivity contribution in [3.8, 4) is 0 Å². The van der Waals surface area contributed by atoms with Gasteiger partial charge in [-0.05, 0) is 13.3 Å². The summed E-state index contributed by atoms with van der Waals surface area (Å²) in [6.07, 6.45) is 0.725. The van der Waals surface area contributed by atoms with Crippen LogP contribution >= 0.6 is 0 Å². The van der Waals surface area contributed by atoms with E-state index >= 15 is 0 Å². The molecule has 16 heavy (non-hydrogen) atoms. The van der Waals surface area contributed by atoms with Gasteiger partial charge in [-0.3, -0.25) is 9.59 Å². The summed E-state index contributed by atoms with van der Waals surface area (Å²) >= 11 is 0. The van der Waals surface area contributed by atoms with Crippen LogP contribution in [0, 0.1) is 12.8 Å². The summed E-state index contributed by atoms with van der Waals surface area (Å²) in [6, 6.07) is 1.44. The van der Waals surface area contributed by atoms with Gasteiger partial charge in [-0.15, -0.1) is 0 Å². The second-order valence-electron chi connectivity index (χ2n) is 4.02. The minimum atomic E-state index is -0.288. The molecule has 3 N–H and O–H groups in total. The van der Waals surface area contributed by atoms with Crippen LogP contribution in [0.5, 0.6) is 0 Å². The van der Waals surface area contributed by atoms with Crippen molar-refractivity contribution in [1.29, 1.82) is 0 Å². The summed E-state index contributed by atoms with van der Waals surface area (Å²) in [4.78, 5) is 31.0. The summed E-state index contributed by atoms with van der Waals surface area (Å²) in [5.41, 5.74) is 5.07. The molecule has 1 fully saturated rings. The molecule has 1 aromatic heterocycles. The first-order valence-corrected chi connectivity index (χ1v) is 5.18. The average Bonchev–Trinajstić information content (AvgIpc) is 2.64. The zero-order valence-electron chi connectivity index (χ0n) is 9.06. The largest absolute Gasteiger partial charge is 0.369 e. The molecule has 1 saturated heterocycles. The molecule has 1 aliphatic heterocycles. The number of H-pyrrole nitrogens is 1. The van der Waals surface area contributed by atoms with Crippen LogP contribution in [0.3, 0.4) is 0 Å². The van der Waals surface area contributed by atoms with Crippen LogP contribution in [-0.2, 0) is 4.79 Å². The Morgan fingerprint density at radius 3 is 3.00 bits per heavy atom. The minimum absolute atomic E-state index is 0.138. The number of nitrogens with zero attached hydrogens (tertiary/aromatic N) is 2. The number of nitrogens with one attached hydrogen (secondary N) is 1. The van der Waals surface area contributed by atoms with E-state index in [2.05, 4.69) is 9.97 Å². The SMILES string of the molecule is Cc1nc(N2CCC(C(N)=O)C2)cc(=O)[nH]1. The fourth-order valence-electron chi connectivity index (χ4n) is 1.93. The van der Waals surface area contributed by atoms with E-state index in [0.717, 1.165) is 6.42 Å². The van der Waals surface area contributed by atoms with Crippen LogP contribution in [0.15, 0.2) is 10.9 Å². The van der Waals surface area contributed by atoms with Crippen LogP contribution in [-0.4, -0.2) is 29.0 Å². The van der Waals surface area contributed by atoms with Gasteiger partial charge in [-0.25, -0.2) is 4.98 Å². The molecule has 2 heterocycles. The predicted octanol–water partition coefficient (Wildman–Crippen LogP) is -0.610. The van der Waals surface area contributed by atoms with E-state index < -0.39 is 0 Å². The smallest absolute Gasteiger partial charge is 0.252 e. The van der Waals surface area contributed by atoms with Crippen LogP contribution in [0.2, 0.25) is 0 Å². The van der Waals surface area contributed by atoms with Gasteiger partial charge in [0.05, 0.1) is 5.92 Å². The van der Waals surface area contributed by atoms with Crippen molar-refractivity contribution in [2.45, 2.75) is 13.3 Å². The predicted molar refractivity (Wildman–Crippen MR) is 59.1 cm³/mol.